The summed E-state index contributed by atoms with van der Waals surface area (Å²) in [6, 6.07) is 6.91. The van der Waals surface area contributed by atoms with Crippen molar-refractivity contribution in [2.45, 2.75) is 32.2 Å². The topological polar surface area (TPSA) is 29.1 Å². The van der Waals surface area contributed by atoms with E-state index in [4.69, 9.17) is 0 Å². The number of hydrogen-bond donors (Lipinski definition) is 1. The highest BCUT2D eigenvalue weighted by Gasteiger charge is 2.24. The zero-order valence-electron chi connectivity index (χ0n) is 10.5. The van der Waals surface area contributed by atoms with Crippen LogP contribution < -0.4 is 5.32 Å². The Morgan fingerprint density at radius 3 is 2.83 bits per heavy atom. The van der Waals surface area contributed by atoms with E-state index in [9.17, 15) is 9.18 Å². The van der Waals surface area contributed by atoms with E-state index in [-0.39, 0.29) is 36.3 Å². The van der Waals surface area contributed by atoms with Crippen LogP contribution in [-0.2, 0) is 11.2 Å². The van der Waals surface area contributed by atoms with Crippen LogP contribution in [0.1, 0.15) is 25.3 Å². The van der Waals surface area contributed by atoms with Crippen molar-refractivity contribution in [2.75, 3.05) is 6.54 Å². The summed E-state index contributed by atoms with van der Waals surface area (Å²) in [6.07, 6.45) is 1.97. The van der Waals surface area contributed by atoms with Gasteiger partial charge in [0, 0.05) is 18.4 Å². The Bertz CT molecular complexity index is 411. The maximum atomic E-state index is 13.4. The minimum absolute atomic E-state index is 0. The van der Waals surface area contributed by atoms with Gasteiger partial charge in [-0.25, -0.2) is 4.39 Å². The molecule has 1 fully saturated rings. The van der Waals surface area contributed by atoms with Gasteiger partial charge in [0.15, 0.2) is 0 Å². The van der Waals surface area contributed by atoms with E-state index in [0.717, 1.165) is 19.4 Å². The Kier molecular flexibility index (Phi) is 5.76. The molecular formula is C14H19ClFNO. The molecule has 2 atom stereocenters. The lowest BCUT2D eigenvalue weighted by atomic mass is 9.87. The molecule has 2 rings (SSSR count). The SMILES string of the molecule is C[C@H]1C[C@@H](C(=O)Cc2ccccc2F)CCN1.Cl. The van der Waals surface area contributed by atoms with Crippen LogP contribution in [0.5, 0.6) is 0 Å². The third kappa shape index (κ3) is 3.79. The van der Waals surface area contributed by atoms with Gasteiger partial charge in [-0.15, -0.1) is 12.4 Å². The predicted octanol–water partition coefficient (Wildman–Crippen LogP) is 2.75. The second-order valence-corrected chi connectivity index (χ2v) is 4.81. The zero-order chi connectivity index (χ0) is 12.3. The van der Waals surface area contributed by atoms with E-state index in [1.165, 1.54) is 6.07 Å². The molecule has 0 radical (unpaired) electrons. The van der Waals surface area contributed by atoms with E-state index in [0.29, 0.717) is 11.6 Å². The number of piperidine rings is 1. The Labute approximate surface area is 113 Å². The van der Waals surface area contributed by atoms with E-state index in [1.807, 2.05) is 0 Å². The number of carbonyl (C=O) groups excluding carboxylic acids is 1. The third-order valence-electron chi connectivity index (χ3n) is 3.40. The number of Topliss-reactive ketones (excluding diaryl/α,β-unsaturated/α-hetero) is 1. The molecule has 4 heteroatoms. The van der Waals surface area contributed by atoms with Gasteiger partial charge in [-0.2, -0.15) is 0 Å². The molecule has 0 amide bonds. The van der Waals surface area contributed by atoms with Crippen LogP contribution in [0.3, 0.4) is 0 Å². The van der Waals surface area contributed by atoms with Crippen molar-refractivity contribution < 1.29 is 9.18 Å². The van der Waals surface area contributed by atoms with Crippen molar-refractivity contribution in [3.63, 3.8) is 0 Å². The molecule has 100 valence electrons. The minimum atomic E-state index is -0.275. The van der Waals surface area contributed by atoms with Gasteiger partial charge in [-0.05, 0) is 37.9 Å². The lowest BCUT2D eigenvalue weighted by Gasteiger charge is -2.27. The molecule has 0 spiro atoms. The van der Waals surface area contributed by atoms with Crippen molar-refractivity contribution in [1.29, 1.82) is 0 Å². The number of hydrogen-bond acceptors (Lipinski definition) is 2. The molecule has 18 heavy (non-hydrogen) atoms. The van der Waals surface area contributed by atoms with Gasteiger partial charge in [0.25, 0.3) is 0 Å². The first-order valence-electron chi connectivity index (χ1n) is 6.16. The number of rotatable bonds is 3. The molecule has 0 saturated carbocycles. The van der Waals surface area contributed by atoms with Crippen LogP contribution in [-0.4, -0.2) is 18.4 Å². The van der Waals surface area contributed by atoms with E-state index < -0.39 is 0 Å². The Hall–Kier alpha value is -0.930. The van der Waals surface area contributed by atoms with Gasteiger partial charge in [-0.3, -0.25) is 4.79 Å². The molecule has 0 aromatic heterocycles. The largest absolute Gasteiger partial charge is 0.314 e. The third-order valence-corrected chi connectivity index (χ3v) is 3.40. The lowest BCUT2D eigenvalue weighted by Crippen LogP contribution is -2.38. The molecular weight excluding hydrogens is 253 g/mol. The van der Waals surface area contributed by atoms with Crippen LogP contribution in [0.15, 0.2) is 24.3 Å². The summed E-state index contributed by atoms with van der Waals surface area (Å²) in [4.78, 5) is 12.1. The molecule has 1 saturated heterocycles. The number of carbonyl (C=O) groups is 1. The Morgan fingerprint density at radius 1 is 1.44 bits per heavy atom. The van der Waals surface area contributed by atoms with E-state index >= 15 is 0 Å². The van der Waals surface area contributed by atoms with E-state index in [1.54, 1.807) is 18.2 Å². The summed E-state index contributed by atoms with van der Waals surface area (Å²) in [5.41, 5.74) is 0.517. The maximum Gasteiger partial charge on any atom is 0.140 e. The van der Waals surface area contributed by atoms with Gasteiger partial charge in [0.2, 0.25) is 0 Å². The fourth-order valence-electron chi connectivity index (χ4n) is 2.40. The van der Waals surface area contributed by atoms with Crippen LogP contribution in [0.25, 0.3) is 0 Å². The molecule has 1 aromatic carbocycles. The molecule has 1 heterocycles. The molecule has 0 bridgehead atoms. The summed E-state index contributed by atoms with van der Waals surface area (Å²) in [5, 5.41) is 3.32. The fraction of sp³-hybridized carbons (Fsp3) is 0.500. The van der Waals surface area contributed by atoms with Gasteiger partial charge in [0.05, 0.1) is 0 Å². The first-order valence-corrected chi connectivity index (χ1v) is 6.16. The van der Waals surface area contributed by atoms with Crippen LogP contribution in [0.4, 0.5) is 4.39 Å². The van der Waals surface area contributed by atoms with Gasteiger partial charge >= 0.3 is 0 Å². The van der Waals surface area contributed by atoms with Crippen LogP contribution >= 0.6 is 12.4 Å². The van der Waals surface area contributed by atoms with Crippen molar-refractivity contribution in [1.82, 2.24) is 5.32 Å². The second kappa shape index (κ2) is 6.86. The summed E-state index contributed by atoms with van der Waals surface area (Å²) < 4.78 is 13.4. The highest BCUT2D eigenvalue weighted by atomic mass is 35.5. The van der Waals surface area contributed by atoms with Crippen molar-refractivity contribution in [3.05, 3.63) is 35.6 Å². The fourth-order valence-corrected chi connectivity index (χ4v) is 2.40. The Morgan fingerprint density at radius 2 is 2.17 bits per heavy atom. The normalized spacial score (nSPS) is 23.2. The summed E-state index contributed by atoms with van der Waals surface area (Å²) in [6.45, 7) is 2.97. The zero-order valence-corrected chi connectivity index (χ0v) is 11.3. The smallest absolute Gasteiger partial charge is 0.140 e. The van der Waals surface area contributed by atoms with Crippen molar-refractivity contribution in [3.8, 4) is 0 Å². The highest BCUT2D eigenvalue weighted by Crippen LogP contribution is 2.19. The van der Waals surface area contributed by atoms with Crippen molar-refractivity contribution >= 4 is 18.2 Å². The van der Waals surface area contributed by atoms with Crippen LogP contribution in [0.2, 0.25) is 0 Å². The predicted molar refractivity (Wildman–Crippen MR) is 72.5 cm³/mol. The number of ketones is 1. The average molecular weight is 272 g/mol. The first kappa shape index (κ1) is 15.1. The minimum Gasteiger partial charge on any atom is -0.314 e. The van der Waals surface area contributed by atoms with Gasteiger partial charge in [-0.1, -0.05) is 18.2 Å². The monoisotopic (exact) mass is 271 g/mol. The van der Waals surface area contributed by atoms with E-state index in [2.05, 4.69) is 12.2 Å². The lowest BCUT2D eigenvalue weighted by molar-refractivity contribution is -0.123. The average Bonchev–Trinajstić information content (AvgIpc) is 2.32. The standard InChI is InChI=1S/C14H18FNO.ClH/c1-10-8-12(6-7-16-10)14(17)9-11-4-2-3-5-13(11)15;/h2-5,10,12,16H,6-9H2,1H3;1H/t10-,12-;/m0./s1. The molecule has 0 aliphatic carbocycles. The first-order chi connectivity index (χ1) is 8.16. The molecule has 1 N–H and O–H groups in total. The highest BCUT2D eigenvalue weighted by molar-refractivity contribution is 5.85. The molecule has 1 aliphatic rings. The maximum absolute atomic E-state index is 13.4. The van der Waals surface area contributed by atoms with Gasteiger partial charge < -0.3 is 5.32 Å². The molecule has 0 unspecified atom stereocenters. The molecule has 1 aliphatic heterocycles. The van der Waals surface area contributed by atoms with Crippen LogP contribution in [0, 0.1) is 11.7 Å². The number of halogens is 2. The summed E-state index contributed by atoms with van der Waals surface area (Å²) >= 11 is 0. The number of nitrogens with one attached hydrogen (secondary N) is 1. The van der Waals surface area contributed by atoms with Crippen molar-refractivity contribution in [2.24, 2.45) is 5.92 Å². The number of benzene rings is 1. The quantitative estimate of drug-likeness (QED) is 0.916. The van der Waals surface area contributed by atoms with Gasteiger partial charge in [0.1, 0.15) is 11.6 Å². The summed E-state index contributed by atoms with van der Waals surface area (Å²) in [7, 11) is 0. The molecule has 1 aromatic rings. The molecule has 2 nitrogen and oxygen atoms in total. The summed E-state index contributed by atoms with van der Waals surface area (Å²) in [5.74, 6) is -0.0165. The second-order valence-electron chi connectivity index (χ2n) is 4.81. The Balaban J connectivity index is 0.00000162.